The number of amides is 3. The first-order chi connectivity index (χ1) is 16.6. The van der Waals surface area contributed by atoms with E-state index >= 15 is 0 Å². The molecule has 0 aromatic heterocycles. The third-order valence-corrected chi connectivity index (χ3v) is 8.77. The van der Waals surface area contributed by atoms with Gasteiger partial charge in [0.05, 0.1) is 41.3 Å². The van der Waals surface area contributed by atoms with Crippen LogP contribution in [-0.2, 0) is 19.1 Å². The van der Waals surface area contributed by atoms with Crippen molar-refractivity contribution in [1.82, 2.24) is 10.2 Å². The van der Waals surface area contributed by atoms with Crippen molar-refractivity contribution in [2.75, 3.05) is 18.5 Å². The molecule has 0 saturated carbocycles. The summed E-state index contributed by atoms with van der Waals surface area (Å²) >= 11 is 10.0. The first-order valence-electron chi connectivity index (χ1n) is 12.2. The molecule has 3 unspecified atom stereocenters. The zero-order valence-electron chi connectivity index (χ0n) is 20.4. The van der Waals surface area contributed by atoms with Gasteiger partial charge in [0.25, 0.3) is 0 Å². The minimum Gasteiger partial charge on any atom is -0.394 e. The summed E-state index contributed by atoms with van der Waals surface area (Å²) in [5.41, 5.74) is 0.0629. The van der Waals surface area contributed by atoms with Gasteiger partial charge in [-0.25, -0.2) is 0 Å². The van der Waals surface area contributed by atoms with Crippen LogP contribution in [0.1, 0.15) is 39.2 Å². The lowest BCUT2D eigenvalue weighted by atomic mass is 9.70. The second-order valence-corrected chi connectivity index (χ2v) is 11.7. The standard InChI is InChI=1S/C25H33BrClN3O5/c1-5-9-28-22(32)17-18-24(34)30(16(11-31)12(2)3)21(25(18)10-14(26)20(17)35-25)23(33)29-19-13(4)7-6-8-15(19)27/h6-8,12,14,16-18,20-21,31H,5,9-11H2,1-4H3,(H,28,32)(H,29,33)/t14?,16-,17+,18-,20+,21?,25?/m0/s1. The number of aliphatic hydroxyl groups excluding tert-OH is 1. The fourth-order valence-electron chi connectivity index (χ4n) is 5.99. The number of para-hydroxylation sites is 1. The molecule has 3 saturated heterocycles. The maximum Gasteiger partial charge on any atom is 0.250 e. The number of ether oxygens (including phenoxy) is 1. The van der Waals surface area contributed by atoms with Crippen LogP contribution >= 0.6 is 27.5 Å². The van der Waals surface area contributed by atoms with Gasteiger partial charge >= 0.3 is 0 Å². The maximum atomic E-state index is 14.0. The number of aliphatic hydroxyl groups is 1. The van der Waals surface area contributed by atoms with Crippen LogP contribution in [0.3, 0.4) is 0 Å². The molecular weight excluding hydrogens is 538 g/mol. The molecule has 10 heteroatoms. The zero-order chi connectivity index (χ0) is 25.7. The average Bonchev–Trinajstić information content (AvgIpc) is 3.39. The highest BCUT2D eigenvalue weighted by atomic mass is 79.9. The van der Waals surface area contributed by atoms with Crippen molar-refractivity contribution in [1.29, 1.82) is 0 Å². The highest BCUT2D eigenvalue weighted by Crippen LogP contribution is 2.60. The van der Waals surface area contributed by atoms with E-state index < -0.39 is 41.5 Å². The average molecular weight is 571 g/mol. The lowest BCUT2D eigenvalue weighted by molar-refractivity contribution is -0.145. The number of benzene rings is 1. The molecule has 4 rings (SSSR count). The van der Waals surface area contributed by atoms with Gasteiger partial charge in [-0.15, -0.1) is 0 Å². The molecule has 1 spiro atoms. The molecule has 3 N–H and O–H groups in total. The van der Waals surface area contributed by atoms with Gasteiger partial charge in [-0.2, -0.15) is 0 Å². The summed E-state index contributed by atoms with van der Waals surface area (Å²) in [5, 5.41) is 16.5. The molecular formula is C25H33BrClN3O5. The van der Waals surface area contributed by atoms with Gasteiger partial charge in [0.1, 0.15) is 11.6 Å². The van der Waals surface area contributed by atoms with E-state index in [0.717, 1.165) is 12.0 Å². The summed E-state index contributed by atoms with van der Waals surface area (Å²) < 4.78 is 6.47. The highest BCUT2D eigenvalue weighted by molar-refractivity contribution is 9.09. The molecule has 3 aliphatic heterocycles. The Morgan fingerprint density at radius 1 is 1.34 bits per heavy atom. The van der Waals surface area contributed by atoms with Crippen LogP contribution in [0.4, 0.5) is 5.69 Å². The van der Waals surface area contributed by atoms with Crippen molar-refractivity contribution in [3.63, 3.8) is 0 Å². The largest absolute Gasteiger partial charge is 0.394 e. The molecule has 3 aliphatic rings. The van der Waals surface area contributed by atoms with Gasteiger partial charge in [-0.3, -0.25) is 14.4 Å². The predicted molar refractivity (Wildman–Crippen MR) is 136 cm³/mol. The van der Waals surface area contributed by atoms with E-state index in [0.29, 0.717) is 23.7 Å². The highest BCUT2D eigenvalue weighted by Gasteiger charge is 2.77. The zero-order valence-corrected chi connectivity index (χ0v) is 22.7. The monoisotopic (exact) mass is 569 g/mol. The maximum absolute atomic E-state index is 14.0. The van der Waals surface area contributed by atoms with E-state index in [1.807, 2.05) is 33.8 Å². The Labute approximate surface area is 219 Å². The number of likely N-dealkylation sites (tertiary alicyclic amines) is 1. The number of carbonyl (C=O) groups excluding carboxylic acids is 3. The van der Waals surface area contributed by atoms with Gasteiger partial charge < -0.3 is 25.4 Å². The summed E-state index contributed by atoms with van der Waals surface area (Å²) in [5.74, 6) is -2.66. The molecule has 3 heterocycles. The minimum atomic E-state index is -1.19. The van der Waals surface area contributed by atoms with E-state index in [2.05, 4.69) is 26.6 Å². The molecule has 1 aromatic rings. The van der Waals surface area contributed by atoms with Gasteiger partial charge in [0.2, 0.25) is 17.7 Å². The van der Waals surface area contributed by atoms with Crippen molar-refractivity contribution in [2.24, 2.45) is 17.8 Å². The number of hydrogen-bond donors (Lipinski definition) is 3. The quantitative estimate of drug-likeness (QED) is 0.417. The van der Waals surface area contributed by atoms with Crippen molar-refractivity contribution >= 4 is 50.9 Å². The topological polar surface area (TPSA) is 108 Å². The van der Waals surface area contributed by atoms with Crippen molar-refractivity contribution in [2.45, 2.75) is 69.2 Å². The number of hydrogen-bond acceptors (Lipinski definition) is 5. The Kier molecular flexibility index (Phi) is 7.53. The summed E-state index contributed by atoms with van der Waals surface area (Å²) in [6.45, 7) is 7.77. The Bertz CT molecular complexity index is 1000. The number of alkyl halides is 1. The second-order valence-electron chi connectivity index (χ2n) is 10.1. The normalized spacial score (nSPS) is 32.2. The molecule has 2 bridgehead atoms. The molecule has 192 valence electrons. The molecule has 1 aromatic carbocycles. The van der Waals surface area contributed by atoms with Crippen LogP contribution in [0, 0.1) is 24.7 Å². The first kappa shape index (κ1) is 26.4. The minimum absolute atomic E-state index is 0.124. The van der Waals surface area contributed by atoms with E-state index in [9.17, 15) is 19.5 Å². The number of nitrogens with zero attached hydrogens (tertiary/aromatic N) is 1. The van der Waals surface area contributed by atoms with Crippen LogP contribution in [0.15, 0.2) is 18.2 Å². The van der Waals surface area contributed by atoms with E-state index in [-0.39, 0.29) is 29.2 Å². The summed E-state index contributed by atoms with van der Waals surface area (Å²) in [4.78, 5) is 42.5. The van der Waals surface area contributed by atoms with Crippen LogP contribution in [0.25, 0.3) is 0 Å². The first-order valence-corrected chi connectivity index (χ1v) is 13.5. The SMILES string of the molecule is CCCNC(=O)[C@H]1[C@@H]2OC3(CC2Br)C(C(=O)Nc2c(C)cccc2Cl)N([C@@H](CO)C(C)C)C(=O)[C@H]13. The Morgan fingerprint density at radius 2 is 2.06 bits per heavy atom. The molecule has 0 radical (unpaired) electrons. The Hall–Kier alpha value is -1.68. The lowest BCUT2D eigenvalue weighted by Crippen LogP contribution is -2.57. The summed E-state index contributed by atoms with van der Waals surface area (Å²) in [6.07, 6.45) is 0.643. The molecule has 3 fully saturated rings. The Balaban J connectivity index is 1.79. The molecule has 0 aliphatic carbocycles. The van der Waals surface area contributed by atoms with Gasteiger partial charge in [-0.05, 0) is 37.3 Å². The van der Waals surface area contributed by atoms with Crippen molar-refractivity contribution in [3.05, 3.63) is 28.8 Å². The van der Waals surface area contributed by atoms with Crippen LogP contribution in [-0.4, -0.2) is 69.5 Å². The smallest absolute Gasteiger partial charge is 0.250 e. The summed E-state index contributed by atoms with van der Waals surface area (Å²) in [7, 11) is 0. The fraction of sp³-hybridized carbons (Fsp3) is 0.640. The van der Waals surface area contributed by atoms with Crippen LogP contribution < -0.4 is 10.6 Å². The number of anilines is 1. The fourth-order valence-corrected chi connectivity index (χ4v) is 7.20. The van der Waals surface area contributed by atoms with Crippen LogP contribution in [0.5, 0.6) is 0 Å². The van der Waals surface area contributed by atoms with Gasteiger partial charge in [-0.1, -0.05) is 60.4 Å². The lowest BCUT2D eigenvalue weighted by Gasteiger charge is -2.38. The van der Waals surface area contributed by atoms with Gasteiger partial charge in [0, 0.05) is 11.4 Å². The molecule has 35 heavy (non-hydrogen) atoms. The molecule has 7 atom stereocenters. The number of halogens is 2. The Morgan fingerprint density at radius 3 is 2.66 bits per heavy atom. The number of nitrogens with one attached hydrogen (secondary N) is 2. The number of carbonyl (C=O) groups is 3. The third-order valence-electron chi connectivity index (χ3n) is 7.61. The number of fused-ring (bicyclic) bond motifs is 1. The second kappa shape index (κ2) is 10.00. The van der Waals surface area contributed by atoms with Crippen LogP contribution in [0.2, 0.25) is 5.02 Å². The van der Waals surface area contributed by atoms with Crippen molar-refractivity contribution in [3.8, 4) is 0 Å². The van der Waals surface area contributed by atoms with Crippen molar-refractivity contribution < 1.29 is 24.2 Å². The van der Waals surface area contributed by atoms with Gasteiger partial charge in [0.15, 0.2) is 0 Å². The molecule has 8 nitrogen and oxygen atoms in total. The number of aryl methyl sites for hydroxylation is 1. The van der Waals surface area contributed by atoms with E-state index in [1.54, 1.807) is 12.1 Å². The third kappa shape index (κ3) is 4.18. The summed E-state index contributed by atoms with van der Waals surface area (Å²) in [6, 6.07) is 3.69. The van der Waals surface area contributed by atoms with E-state index in [1.165, 1.54) is 4.90 Å². The molecule has 3 amide bonds. The van der Waals surface area contributed by atoms with E-state index in [4.69, 9.17) is 16.3 Å². The predicted octanol–water partition coefficient (Wildman–Crippen LogP) is 2.88. The number of rotatable bonds is 8.